The summed E-state index contributed by atoms with van der Waals surface area (Å²) in [7, 11) is -1.19. The van der Waals surface area contributed by atoms with Gasteiger partial charge in [-0.1, -0.05) is 0 Å². The molecule has 0 spiro atoms. The third kappa shape index (κ3) is 5.77. The van der Waals surface area contributed by atoms with Crippen molar-refractivity contribution >= 4 is 9.84 Å². The molecule has 0 amide bonds. The summed E-state index contributed by atoms with van der Waals surface area (Å²) in [6.07, 6.45) is 4.07. The van der Waals surface area contributed by atoms with E-state index in [9.17, 15) is 8.42 Å². The zero-order valence-corrected chi connectivity index (χ0v) is 13.1. The highest BCUT2D eigenvalue weighted by Gasteiger charge is 2.40. The highest BCUT2D eigenvalue weighted by molar-refractivity contribution is 7.90. The van der Waals surface area contributed by atoms with Crippen LogP contribution in [-0.4, -0.2) is 59.9 Å². The number of hydrogen-bond donors (Lipinski definition) is 1. The van der Waals surface area contributed by atoms with Gasteiger partial charge in [0.05, 0.1) is 12.7 Å². The molecule has 1 N–H and O–H groups in total. The Labute approximate surface area is 117 Å². The predicted molar refractivity (Wildman–Crippen MR) is 76.2 cm³/mol. The minimum absolute atomic E-state index is 0.0679. The lowest BCUT2D eigenvalue weighted by molar-refractivity contribution is 0.0571. The lowest BCUT2D eigenvalue weighted by Gasteiger charge is -2.32. The number of methoxy groups -OCH3 is 1. The lowest BCUT2D eigenvalue weighted by atomic mass is 9.77. The van der Waals surface area contributed by atoms with Crippen LogP contribution in [0, 0.1) is 5.41 Å². The Morgan fingerprint density at radius 1 is 1.47 bits per heavy atom. The highest BCUT2D eigenvalue weighted by atomic mass is 32.2. The average Bonchev–Trinajstić information content (AvgIpc) is 2.65. The van der Waals surface area contributed by atoms with Crippen molar-refractivity contribution in [2.75, 3.05) is 45.4 Å². The summed E-state index contributed by atoms with van der Waals surface area (Å²) in [4.78, 5) is 0. The Kier molecular flexibility index (Phi) is 6.73. The largest absolute Gasteiger partial charge is 0.383 e. The van der Waals surface area contributed by atoms with E-state index in [1.807, 2.05) is 0 Å². The molecule has 2 atom stereocenters. The highest BCUT2D eigenvalue weighted by Crippen LogP contribution is 2.38. The van der Waals surface area contributed by atoms with Crippen LogP contribution in [0.4, 0.5) is 0 Å². The molecule has 0 saturated carbocycles. The Bertz CT molecular complexity index is 358. The van der Waals surface area contributed by atoms with Gasteiger partial charge >= 0.3 is 0 Å². The molecule has 1 aliphatic heterocycles. The van der Waals surface area contributed by atoms with Crippen LogP contribution in [-0.2, 0) is 19.3 Å². The van der Waals surface area contributed by atoms with Crippen molar-refractivity contribution in [2.45, 2.75) is 32.3 Å². The monoisotopic (exact) mass is 293 g/mol. The second kappa shape index (κ2) is 7.57. The van der Waals surface area contributed by atoms with Gasteiger partial charge in [0.1, 0.15) is 9.84 Å². The third-order valence-corrected chi connectivity index (χ3v) is 5.01. The van der Waals surface area contributed by atoms with E-state index in [-0.39, 0.29) is 17.3 Å². The molecule has 0 bridgehead atoms. The number of nitrogens with one attached hydrogen (secondary N) is 1. The summed E-state index contributed by atoms with van der Waals surface area (Å²) in [5.74, 6) is 0.263. The number of sulfone groups is 1. The van der Waals surface area contributed by atoms with Crippen LogP contribution >= 0.6 is 0 Å². The van der Waals surface area contributed by atoms with E-state index in [2.05, 4.69) is 12.2 Å². The van der Waals surface area contributed by atoms with E-state index < -0.39 is 9.84 Å². The van der Waals surface area contributed by atoms with Gasteiger partial charge in [0.15, 0.2) is 0 Å². The van der Waals surface area contributed by atoms with Crippen molar-refractivity contribution in [3.05, 3.63) is 0 Å². The first-order valence-corrected chi connectivity index (χ1v) is 8.95. The molecular formula is C13H27NO4S. The maximum Gasteiger partial charge on any atom is 0.147 e. The van der Waals surface area contributed by atoms with Crippen LogP contribution in [0.1, 0.15) is 26.2 Å². The van der Waals surface area contributed by atoms with E-state index in [1.54, 1.807) is 7.11 Å². The molecule has 1 fully saturated rings. The number of hydrogen-bond acceptors (Lipinski definition) is 5. The maximum absolute atomic E-state index is 11.2. The average molecular weight is 293 g/mol. The summed E-state index contributed by atoms with van der Waals surface area (Å²) >= 11 is 0. The Morgan fingerprint density at radius 3 is 2.74 bits per heavy atom. The molecule has 0 aromatic rings. The van der Waals surface area contributed by atoms with Crippen molar-refractivity contribution in [1.29, 1.82) is 0 Å². The number of ether oxygens (including phenoxy) is 2. The molecule has 5 nitrogen and oxygen atoms in total. The maximum atomic E-state index is 11.2. The van der Waals surface area contributed by atoms with Crippen molar-refractivity contribution in [1.82, 2.24) is 5.32 Å². The fourth-order valence-electron chi connectivity index (χ4n) is 2.67. The van der Waals surface area contributed by atoms with Gasteiger partial charge in [-0.2, -0.15) is 0 Å². The Hall–Kier alpha value is -0.170. The van der Waals surface area contributed by atoms with Crippen LogP contribution in [0.5, 0.6) is 0 Å². The summed E-state index contributed by atoms with van der Waals surface area (Å²) < 4.78 is 33.2. The van der Waals surface area contributed by atoms with Gasteiger partial charge in [-0.3, -0.25) is 0 Å². The Morgan fingerprint density at radius 2 is 2.21 bits per heavy atom. The van der Waals surface area contributed by atoms with E-state index in [4.69, 9.17) is 9.47 Å². The first-order valence-electron chi connectivity index (χ1n) is 6.89. The first-order chi connectivity index (χ1) is 8.90. The van der Waals surface area contributed by atoms with Gasteiger partial charge in [-0.05, 0) is 26.2 Å². The second-order valence-corrected chi connectivity index (χ2v) is 7.79. The first kappa shape index (κ1) is 16.9. The van der Waals surface area contributed by atoms with Gasteiger partial charge in [0.25, 0.3) is 0 Å². The van der Waals surface area contributed by atoms with E-state index in [0.717, 1.165) is 32.5 Å². The van der Waals surface area contributed by atoms with Crippen LogP contribution in [0.3, 0.4) is 0 Å². The summed E-state index contributed by atoms with van der Waals surface area (Å²) in [5.41, 5.74) is 0.0679. The van der Waals surface area contributed by atoms with Crippen LogP contribution in [0.25, 0.3) is 0 Å². The van der Waals surface area contributed by atoms with Gasteiger partial charge in [-0.15, -0.1) is 0 Å². The lowest BCUT2D eigenvalue weighted by Crippen LogP contribution is -2.40. The predicted octanol–water partition coefficient (Wildman–Crippen LogP) is 0.842. The molecule has 1 heterocycles. The molecule has 0 radical (unpaired) electrons. The molecule has 0 aromatic heterocycles. The normalized spacial score (nSPS) is 27.8. The van der Waals surface area contributed by atoms with Crippen LogP contribution in [0.2, 0.25) is 0 Å². The Balaban J connectivity index is 2.46. The van der Waals surface area contributed by atoms with Crippen molar-refractivity contribution in [2.24, 2.45) is 5.41 Å². The van der Waals surface area contributed by atoms with Gasteiger partial charge < -0.3 is 14.8 Å². The van der Waals surface area contributed by atoms with E-state index in [0.29, 0.717) is 13.0 Å². The van der Waals surface area contributed by atoms with Crippen molar-refractivity contribution in [3.8, 4) is 0 Å². The quantitative estimate of drug-likeness (QED) is 0.638. The fourth-order valence-corrected chi connectivity index (χ4v) is 3.33. The SMILES string of the molecule is COCCNCC1(CCCS(C)(=O)=O)CCOC1C. The summed E-state index contributed by atoms with van der Waals surface area (Å²) in [5, 5.41) is 3.39. The summed E-state index contributed by atoms with van der Waals surface area (Å²) in [6, 6.07) is 0. The molecular weight excluding hydrogens is 266 g/mol. The van der Waals surface area contributed by atoms with Crippen molar-refractivity contribution < 1.29 is 17.9 Å². The number of rotatable bonds is 9. The van der Waals surface area contributed by atoms with Crippen LogP contribution < -0.4 is 5.32 Å². The van der Waals surface area contributed by atoms with Gasteiger partial charge in [0, 0.05) is 44.2 Å². The zero-order valence-electron chi connectivity index (χ0n) is 12.3. The standard InChI is InChI=1S/C13H27NO4S/c1-12-13(6-8-18-12,11-14-7-9-17-2)5-4-10-19(3,15)16/h12,14H,4-11H2,1-3H3. The molecule has 6 heteroatoms. The molecule has 2 unspecified atom stereocenters. The molecule has 0 aromatic carbocycles. The van der Waals surface area contributed by atoms with Crippen molar-refractivity contribution in [3.63, 3.8) is 0 Å². The van der Waals surface area contributed by atoms with Crippen LogP contribution in [0.15, 0.2) is 0 Å². The van der Waals surface area contributed by atoms with E-state index in [1.165, 1.54) is 6.26 Å². The molecule has 19 heavy (non-hydrogen) atoms. The molecule has 1 aliphatic rings. The zero-order chi connectivity index (χ0) is 14.4. The second-order valence-electron chi connectivity index (χ2n) is 5.53. The minimum Gasteiger partial charge on any atom is -0.383 e. The molecule has 0 aliphatic carbocycles. The van der Waals surface area contributed by atoms with E-state index >= 15 is 0 Å². The minimum atomic E-state index is -2.87. The molecule has 1 saturated heterocycles. The third-order valence-electron chi connectivity index (χ3n) is 3.98. The molecule has 114 valence electrons. The topological polar surface area (TPSA) is 64.6 Å². The van der Waals surface area contributed by atoms with Gasteiger partial charge in [-0.25, -0.2) is 8.42 Å². The summed E-state index contributed by atoms with van der Waals surface area (Å²) in [6.45, 7) is 5.23. The fraction of sp³-hybridized carbons (Fsp3) is 1.00. The van der Waals surface area contributed by atoms with Gasteiger partial charge in [0.2, 0.25) is 0 Å². The smallest absolute Gasteiger partial charge is 0.147 e. The molecule has 1 rings (SSSR count).